The Morgan fingerprint density at radius 2 is 2.33 bits per heavy atom. The minimum atomic E-state index is -0.0881. The fraction of sp³-hybridized carbons (Fsp3) is 0.562. The normalized spacial score (nSPS) is 26.6. The van der Waals surface area contributed by atoms with Gasteiger partial charge in [0.2, 0.25) is 0 Å². The van der Waals surface area contributed by atoms with E-state index in [0.29, 0.717) is 30.2 Å². The molecule has 0 saturated carbocycles. The molecule has 8 heteroatoms. The monoisotopic (exact) mass is 364 g/mol. The molecule has 4 rings (SSSR count). The van der Waals surface area contributed by atoms with E-state index in [0.717, 1.165) is 31.9 Å². The number of hydrogen-bond acceptors (Lipinski definition) is 7. The number of amides is 1. The summed E-state index contributed by atoms with van der Waals surface area (Å²) in [4.78, 5) is 24.2. The molecule has 4 heterocycles. The highest BCUT2D eigenvalue weighted by Crippen LogP contribution is 2.34. The molecule has 24 heavy (non-hydrogen) atoms. The molecular formula is C16H20N4O2S2. The van der Waals surface area contributed by atoms with E-state index >= 15 is 0 Å². The standard InChI is InChI=1S/C16H20N4O2S2/c1-10-15(24-9-18-10)5-20-3-12-11(6-22-14(12)4-20)2-17-16(21)13-7-23-8-19-13/h7-9,11-12,14H,2-6H2,1H3,(H,17,21)/t11-,12+,14+/m1/s1. The van der Waals surface area contributed by atoms with E-state index in [4.69, 9.17) is 4.74 Å². The van der Waals surface area contributed by atoms with Crippen molar-refractivity contribution in [2.75, 3.05) is 26.2 Å². The van der Waals surface area contributed by atoms with Crippen molar-refractivity contribution in [3.05, 3.63) is 32.7 Å². The molecule has 6 nitrogen and oxygen atoms in total. The Morgan fingerprint density at radius 1 is 1.42 bits per heavy atom. The first-order valence-electron chi connectivity index (χ1n) is 8.10. The van der Waals surface area contributed by atoms with Crippen LogP contribution in [0.1, 0.15) is 21.1 Å². The molecule has 1 amide bonds. The van der Waals surface area contributed by atoms with Gasteiger partial charge in [-0.25, -0.2) is 9.97 Å². The largest absolute Gasteiger partial charge is 0.376 e. The molecular weight excluding hydrogens is 344 g/mol. The van der Waals surface area contributed by atoms with Gasteiger partial charge in [-0.15, -0.1) is 22.7 Å². The lowest BCUT2D eigenvalue weighted by Crippen LogP contribution is -2.34. The Balaban J connectivity index is 1.31. The first kappa shape index (κ1) is 16.1. The van der Waals surface area contributed by atoms with Gasteiger partial charge in [0.1, 0.15) is 5.69 Å². The zero-order valence-electron chi connectivity index (χ0n) is 13.5. The average Bonchev–Trinajstić information content (AvgIpc) is 3.32. The highest BCUT2D eigenvalue weighted by Gasteiger charge is 2.43. The summed E-state index contributed by atoms with van der Waals surface area (Å²) in [5, 5.41) is 4.78. The van der Waals surface area contributed by atoms with Gasteiger partial charge in [0.05, 0.1) is 29.4 Å². The second kappa shape index (κ2) is 6.87. The summed E-state index contributed by atoms with van der Waals surface area (Å²) in [6.45, 7) is 6.41. The Bertz CT molecular complexity index is 703. The van der Waals surface area contributed by atoms with E-state index in [-0.39, 0.29) is 5.91 Å². The van der Waals surface area contributed by atoms with E-state index in [1.807, 2.05) is 5.51 Å². The Hall–Kier alpha value is -1.35. The molecule has 2 saturated heterocycles. The number of nitrogens with one attached hydrogen (secondary N) is 1. The third kappa shape index (κ3) is 3.23. The van der Waals surface area contributed by atoms with E-state index in [1.54, 1.807) is 22.2 Å². The van der Waals surface area contributed by atoms with Gasteiger partial charge in [-0.05, 0) is 6.92 Å². The van der Waals surface area contributed by atoms with Crippen LogP contribution in [0.2, 0.25) is 0 Å². The lowest BCUT2D eigenvalue weighted by molar-refractivity contribution is 0.0902. The highest BCUT2D eigenvalue weighted by molar-refractivity contribution is 7.09. The second-order valence-electron chi connectivity index (χ2n) is 6.43. The van der Waals surface area contributed by atoms with Gasteiger partial charge in [-0.3, -0.25) is 9.69 Å². The molecule has 128 valence electrons. The van der Waals surface area contributed by atoms with E-state index in [1.165, 1.54) is 16.2 Å². The topological polar surface area (TPSA) is 67.4 Å². The summed E-state index contributed by atoms with van der Waals surface area (Å²) < 4.78 is 5.97. The Kier molecular flexibility index (Phi) is 4.62. The summed E-state index contributed by atoms with van der Waals surface area (Å²) in [7, 11) is 0. The average molecular weight is 364 g/mol. The first-order valence-corrected chi connectivity index (χ1v) is 9.92. The van der Waals surface area contributed by atoms with Gasteiger partial charge in [0.15, 0.2) is 0 Å². The van der Waals surface area contributed by atoms with Gasteiger partial charge in [0, 0.05) is 48.3 Å². The zero-order valence-corrected chi connectivity index (χ0v) is 15.1. The van der Waals surface area contributed by atoms with Crippen molar-refractivity contribution in [1.29, 1.82) is 0 Å². The molecule has 3 atom stereocenters. The summed E-state index contributed by atoms with van der Waals surface area (Å²) in [6.07, 6.45) is 0.291. The SMILES string of the molecule is Cc1ncsc1CN1C[C@H]2[C@H](CNC(=O)c3cscn3)CO[C@H]2C1. The molecule has 0 unspecified atom stereocenters. The molecule has 2 aromatic heterocycles. The van der Waals surface area contributed by atoms with Crippen molar-refractivity contribution in [3.8, 4) is 0 Å². The fourth-order valence-electron chi connectivity index (χ4n) is 3.54. The number of fused-ring (bicyclic) bond motifs is 1. The van der Waals surface area contributed by atoms with Gasteiger partial charge in [-0.1, -0.05) is 0 Å². The molecule has 2 aliphatic rings. The van der Waals surface area contributed by atoms with E-state index in [2.05, 4.69) is 27.1 Å². The van der Waals surface area contributed by atoms with Gasteiger partial charge in [-0.2, -0.15) is 0 Å². The van der Waals surface area contributed by atoms with Crippen LogP contribution in [-0.4, -0.2) is 53.1 Å². The number of hydrogen-bond donors (Lipinski definition) is 1. The lowest BCUT2D eigenvalue weighted by atomic mass is 9.93. The molecule has 0 spiro atoms. The Labute approximate surface area is 148 Å². The predicted molar refractivity (Wildman–Crippen MR) is 93.3 cm³/mol. The zero-order chi connectivity index (χ0) is 16.5. The quantitative estimate of drug-likeness (QED) is 0.876. The minimum Gasteiger partial charge on any atom is -0.376 e. The number of thiazole rings is 2. The number of carbonyl (C=O) groups excluding carboxylic acids is 1. The number of ether oxygens (including phenoxy) is 1. The van der Waals surface area contributed by atoms with Crippen molar-refractivity contribution in [1.82, 2.24) is 20.2 Å². The van der Waals surface area contributed by atoms with Crippen molar-refractivity contribution in [3.63, 3.8) is 0 Å². The van der Waals surface area contributed by atoms with Crippen LogP contribution in [0.5, 0.6) is 0 Å². The Morgan fingerprint density at radius 3 is 3.08 bits per heavy atom. The molecule has 2 fully saturated rings. The van der Waals surface area contributed by atoms with Crippen LogP contribution in [0.4, 0.5) is 0 Å². The van der Waals surface area contributed by atoms with Crippen LogP contribution in [0.25, 0.3) is 0 Å². The van der Waals surface area contributed by atoms with Gasteiger partial charge >= 0.3 is 0 Å². The third-order valence-electron chi connectivity index (χ3n) is 4.92. The number of aryl methyl sites for hydroxylation is 1. The van der Waals surface area contributed by atoms with Gasteiger partial charge in [0.25, 0.3) is 5.91 Å². The molecule has 0 aliphatic carbocycles. The number of likely N-dealkylation sites (tertiary alicyclic amines) is 1. The van der Waals surface area contributed by atoms with Crippen LogP contribution >= 0.6 is 22.7 Å². The van der Waals surface area contributed by atoms with Crippen molar-refractivity contribution in [2.45, 2.75) is 19.6 Å². The number of carbonyl (C=O) groups is 1. The first-order chi connectivity index (χ1) is 11.7. The van der Waals surface area contributed by atoms with E-state index < -0.39 is 0 Å². The van der Waals surface area contributed by atoms with Crippen LogP contribution in [0.3, 0.4) is 0 Å². The summed E-state index contributed by atoms with van der Waals surface area (Å²) in [5.41, 5.74) is 5.23. The minimum absolute atomic E-state index is 0.0881. The lowest BCUT2D eigenvalue weighted by Gasteiger charge is -2.19. The van der Waals surface area contributed by atoms with Crippen LogP contribution in [0, 0.1) is 18.8 Å². The maximum absolute atomic E-state index is 12.0. The van der Waals surface area contributed by atoms with Gasteiger partial charge < -0.3 is 10.1 Å². The van der Waals surface area contributed by atoms with E-state index in [9.17, 15) is 4.79 Å². The molecule has 0 aromatic carbocycles. The van der Waals surface area contributed by atoms with Crippen molar-refractivity contribution < 1.29 is 9.53 Å². The molecule has 2 aliphatic heterocycles. The molecule has 2 aromatic rings. The van der Waals surface area contributed by atoms with Crippen molar-refractivity contribution in [2.24, 2.45) is 11.8 Å². The predicted octanol–water partition coefficient (Wildman–Crippen LogP) is 1.78. The molecule has 0 radical (unpaired) electrons. The molecule has 1 N–H and O–H groups in total. The fourth-order valence-corrected chi connectivity index (χ4v) is 4.89. The van der Waals surface area contributed by atoms with Crippen LogP contribution in [0.15, 0.2) is 16.4 Å². The summed E-state index contributed by atoms with van der Waals surface area (Å²) in [6, 6.07) is 0. The second-order valence-corrected chi connectivity index (χ2v) is 8.09. The smallest absolute Gasteiger partial charge is 0.270 e. The third-order valence-corrected chi connectivity index (χ3v) is 6.42. The highest BCUT2D eigenvalue weighted by atomic mass is 32.1. The maximum Gasteiger partial charge on any atom is 0.270 e. The molecule has 0 bridgehead atoms. The van der Waals surface area contributed by atoms with Crippen LogP contribution < -0.4 is 5.32 Å². The number of rotatable bonds is 5. The number of aromatic nitrogens is 2. The summed E-state index contributed by atoms with van der Waals surface area (Å²) >= 11 is 3.16. The van der Waals surface area contributed by atoms with Crippen molar-refractivity contribution >= 4 is 28.6 Å². The maximum atomic E-state index is 12.0. The van der Waals surface area contributed by atoms with Crippen LogP contribution in [-0.2, 0) is 11.3 Å². The number of nitrogens with zero attached hydrogens (tertiary/aromatic N) is 3. The summed E-state index contributed by atoms with van der Waals surface area (Å²) in [5.74, 6) is 0.786.